The zero-order valence-corrected chi connectivity index (χ0v) is 15.1. The van der Waals surface area contributed by atoms with Gasteiger partial charge in [0.15, 0.2) is 5.65 Å². The molecule has 0 radical (unpaired) electrons. The van der Waals surface area contributed by atoms with Gasteiger partial charge in [0.1, 0.15) is 23.1 Å². The van der Waals surface area contributed by atoms with Crippen LogP contribution in [0, 0.1) is 6.92 Å². The van der Waals surface area contributed by atoms with Gasteiger partial charge in [-0.05, 0) is 18.6 Å². The van der Waals surface area contributed by atoms with Crippen LogP contribution >= 0.6 is 0 Å². The van der Waals surface area contributed by atoms with Crippen LogP contribution in [-0.4, -0.2) is 36.6 Å². The van der Waals surface area contributed by atoms with E-state index in [0.29, 0.717) is 11.6 Å². The van der Waals surface area contributed by atoms with Crippen LogP contribution in [0.1, 0.15) is 5.56 Å². The first kappa shape index (κ1) is 16.1. The van der Waals surface area contributed by atoms with Crippen LogP contribution in [0.3, 0.4) is 0 Å². The smallest absolute Gasteiger partial charge is 0.163 e. The molecule has 4 aromatic heterocycles. The average Bonchev–Trinajstić information content (AvgIpc) is 3.18. The van der Waals surface area contributed by atoms with Crippen molar-refractivity contribution in [3.63, 3.8) is 0 Å². The van der Waals surface area contributed by atoms with Gasteiger partial charge in [0.2, 0.25) is 0 Å². The van der Waals surface area contributed by atoms with Gasteiger partial charge in [0, 0.05) is 32.4 Å². The molecule has 0 aliphatic heterocycles. The van der Waals surface area contributed by atoms with Crippen molar-refractivity contribution < 1.29 is 4.74 Å². The summed E-state index contributed by atoms with van der Waals surface area (Å²) >= 11 is 0. The molecule has 0 unspecified atom stereocenters. The minimum Gasteiger partial charge on any atom is -0.496 e. The summed E-state index contributed by atoms with van der Waals surface area (Å²) in [6.45, 7) is 2.02. The normalized spacial score (nSPS) is 11.1. The topological polar surface area (TPSA) is 82.7 Å². The van der Waals surface area contributed by atoms with Gasteiger partial charge in [-0.2, -0.15) is 10.2 Å². The van der Waals surface area contributed by atoms with Crippen LogP contribution in [0.25, 0.3) is 22.4 Å². The number of hydrogen-bond donors (Lipinski definition) is 1. The van der Waals surface area contributed by atoms with E-state index in [9.17, 15) is 0 Å². The molecule has 26 heavy (non-hydrogen) atoms. The van der Waals surface area contributed by atoms with Crippen LogP contribution in [0.2, 0.25) is 0 Å². The van der Waals surface area contributed by atoms with Gasteiger partial charge in [0.25, 0.3) is 0 Å². The third-order valence-electron chi connectivity index (χ3n) is 4.28. The molecular formula is C18H19N7O. The maximum atomic E-state index is 5.47. The molecule has 0 aromatic carbocycles. The number of anilines is 2. The average molecular weight is 349 g/mol. The minimum atomic E-state index is 0.658. The number of rotatable bonds is 4. The first-order chi connectivity index (χ1) is 12.6. The lowest BCUT2D eigenvalue weighted by Gasteiger charge is -2.08. The molecule has 0 saturated carbocycles. The van der Waals surface area contributed by atoms with E-state index >= 15 is 0 Å². The highest BCUT2D eigenvalue weighted by Crippen LogP contribution is 2.29. The molecule has 0 aliphatic rings. The second-order valence-electron chi connectivity index (χ2n) is 6.05. The molecule has 0 atom stereocenters. The number of fused-ring (bicyclic) bond motifs is 1. The van der Waals surface area contributed by atoms with E-state index in [4.69, 9.17) is 4.74 Å². The van der Waals surface area contributed by atoms with Crippen molar-refractivity contribution >= 4 is 22.7 Å². The quantitative estimate of drug-likeness (QED) is 0.610. The molecule has 4 heterocycles. The fourth-order valence-corrected chi connectivity index (χ4v) is 2.90. The number of pyridine rings is 2. The van der Waals surface area contributed by atoms with Gasteiger partial charge < -0.3 is 10.1 Å². The summed E-state index contributed by atoms with van der Waals surface area (Å²) in [5.74, 6) is 2.18. The largest absolute Gasteiger partial charge is 0.496 e. The van der Waals surface area contributed by atoms with E-state index < -0.39 is 0 Å². The highest BCUT2D eigenvalue weighted by Gasteiger charge is 2.14. The number of methoxy groups -OCH3 is 1. The van der Waals surface area contributed by atoms with E-state index in [1.165, 1.54) is 0 Å². The molecule has 1 N–H and O–H groups in total. The Balaban J connectivity index is 1.73. The Morgan fingerprint density at radius 2 is 2.00 bits per heavy atom. The van der Waals surface area contributed by atoms with Crippen LogP contribution in [0.15, 0.2) is 36.7 Å². The summed E-state index contributed by atoms with van der Waals surface area (Å²) < 4.78 is 8.96. The molecule has 4 aromatic rings. The molecule has 4 rings (SSSR count). The predicted molar refractivity (Wildman–Crippen MR) is 99.5 cm³/mol. The number of ether oxygens (including phenoxy) is 1. The first-order valence-corrected chi connectivity index (χ1v) is 8.16. The Labute approximate surface area is 150 Å². The standard InChI is InChI=1S/C18H19N7O/c1-11-6-5-7-19-17(11)13-8-16(24(2)23-13)21-15-9-14(26-4)12-10-20-25(3)18(12)22-15/h5-10H,1-4H3,(H,21,22). The maximum absolute atomic E-state index is 5.47. The molecular weight excluding hydrogens is 330 g/mol. The lowest BCUT2D eigenvalue weighted by molar-refractivity contribution is 0.419. The minimum absolute atomic E-state index is 0.658. The summed E-state index contributed by atoms with van der Waals surface area (Å²) in [4.78, 5) is 9.06. The summed E-state index contributed by atoms with van der Waals surface area (Å²) in [5.41, 5.74) is 3.49. The lowest BCUT2D eigenvalue weighted by Crippen LogP contribution is -2.02. The maximum Gasteiger partial charge on any atom is 0.163 e. The molecule has 0 saturated heterocycles. The SMILES string of the molecule is COc1cc(Nc2cc(-c3ncccc3C)nn2C)nc2c1cnn2C. The van der Waals surface area contributed by atoms with Gasteiger partial charge >= 0.3 is 0 Å². The van der Waals surface area contributed by atoms with Crippen LogP contribution in [0.4, 0.5) is 11.6 Å². The van der Waals surface area contributed by atoms with Gasteiger partial charge in [-0.15, -0.1) is 0 Å². The number of aryl methyl sites for hydroxylation is 3. The van der Waals surface area contributed by atoms with Gasteiger partial charge in [-0.3, -0.25) is 14.3 Å². The molecule has 0 fully saturated rings. The molecule has 0 bridgehead atoms. The highest BCUT2D eigenvalue weighted by atomic mass is 16.5. The summed E-state index contributed by atoms with van der Waals surface area (Å²) in [5, 5.41) is 13.0. The van der Waals surface area contributed by atoms with Crippen molar-refractivity contribution in [1.82, 2.24) is 29.5 Å². The molecule has 0 aliphatic carbocycles. The van der Waals surface area contributed by atoms with E-state index in [1.807, 2.05) is 45.3 Å². The Bertz CT molecular complexity index is 1100. The second kappa shape index (κ2) is 6.14. The molecule has 8 nitrogen and oxygen atoms in total. The summed E-state index contributed by atoms with van der Waals surface area (Å²) in [7, 11) is 5.37. The van der Waals surface area contributed by atoms with Crippen LogP contribution in [0.5, 0.6) is 5.75 Å². The molecule has 8 heteroatoms. The third-order valence-corrected chi connectivity index (χ3v) is 4.28. The fourth-order valence-electron chi connectivity index (χ4n) is 2.90. The first-order valence-electron chi connectivity index (χ1n) is 8.16. The fraction of sp³-hybridized carbons (Fsp3) is 0.222. The summed E-state index contributed by atoms with van der Waals surface area (Å²) in [6, 6.07) is 7.74. The van der Waals surface area contributed by atoms with Gasteiger partial charge in [-0.25, -0.2) is 4.98 Å². The van der Waals surface area contributed by atoms with Crippen molar-refractivity contribution in [2.24, 2.45) is 14.1 Å². The van der Waals surface area contributed by atoms with Gasteiger partial charge in [0.05, 0.1) is 24.4 Å². The van der Waals surface area contributed by atoms with E-state index in [2.05, 4.69) is 25.5 Å². The predicted octanol–water partition coefficient (Wildman–Crippen LogP) is 2.82. The monoisotopic (exact) mass is 349 g/mol. The van der Waals surface area contributed by atoms with E-state index in [1.54, 1.807) is 28.9 Å². The molecule has 0 spiro atoms. The Kier molecular flexibility index (Phi) is 3.80. The van der Waals surface area contributed by atoms with Crippen molar-refractivity contribution in [2.75, 3.05) is 12.4 Å². The zero-order chi connectivity index (χ0) is 18.3. The molecule has 132 valence electrons. The number of nitrogens with one attached hydrogen (secondary N) is 1. The third kappa shape index (κ3) is 2.65. The van der Waals surface area contributed by atoms with Crippen molar-refractivity contribution in [2.45, 2.75) is 6.92 Å². The Morgan fingerprint density at radius 1 is 1.15 bits per heavy atom. The highest BCUT2D eigenvalue weighted by molar-refractivity contribution is 5.84. The molecule has 0 amide bonds. The van der Waals surface area contributed by atoms with Crippen LogP contribution in [-0.2, 0) is 14.1 Å². The van der Waals surface area contributed by atoms with E-state index in [0.717, 1.165) is 33.8 Å². The van der Waals surface area contributed by atoms with Crippen molar-refractivity contribution in [3.05, 3.63) is 42.2 Å². The van der Waals surface area contributed by atoms with Gasteiger partial charge in [-0.1, -0.05) is 6.07 Å². The van der Waals surface area contributed by atoms with E-state index in [-0.39, 0.29) is 0 Å². The Morgan fingerprint density at radius 3 is 2.77 bits per heavy atom. The number of hydrogen-bond acceptors (Lipinski definition) is 6. The second-order valence-corrected chi connectivity index (χ2v) is 6.05. The Hall–Kier alpha value is -3.42. The zero-order valence-electron chi connectivity index (χ0n) is 15.1. The summed E-state index contributed by atoms with van der Waals surface area (Å²) in [6.07, 6.45) is 3.52. The van der Waals surface area contributed by atoms with Crippen molar-refractivity contribution in [1.29, 1.82) is 0 Å². The van der Waals surface area contributed by atoms with Crippen molar-refractivity contribution in [3.8, 4) is 17.1 Å². The number of aromatic nitrogens is 6. The van der Waals surface area contributed by atoms with Crippen LogP contribution < -0.4 is 10.1 Å². The lowest BCUT2D eigenvalue weighted by atomic mass is 10.2. The number of nitrogens with zero attached hydrogens (tertiary/aromatic N) is 6.